The zero-order valence-electron chi connectivity index (χ0n) is 20.9. The quantitative estimate of drug-likeness (QED) is 0.188. The van der Waals surface area contributed by atoms with E-state index in [0.29, 0.717) is 18.4 Å². The van der Waals surface area contributed by atoms with E-state index in [4.69, 9.17) is 13.7 Å². The van der Waals surface area contributed by atoms with E-state index in [1.807, 2.05) is 67.6 Å². The highest BCUT2D eigenvalue weighted by Crippen LogP contribution is 2.44. The molecule has 0 spiro atoms. The normalized spacial score (nSPS) is 15.6. The van der Waals surface area contributed by atoms with Gasteiger partial charge in [0.1, 0.15) is 29.3 Å². The van der Waals surface area contributed by atoms with Crippen molar-refractivity contribution in [2.24, 2.45) is 0 Å². The number of hydrogen-bond donors (Lipinski definition) is 0. The van der Waals surface area contributed by atoms with Crippen LogP contribution in [-0.4, -0.2) is 10.1 Å². The second-order valence-corrected chi connectivity index (χ2v) is 9.57. The van der Waals surface area contributed by atoms with Crippen molar-refractivity contribution in [2.45, 2.75) is 51.0 Å². The zero-order valence-corrected chi connectivity index (χ0v) is 20.9. The van der Waals surface area contributed by atoms with E-state index >= 15 is 0 Å². The lowest BCUT2D eigenvalue weighted by Gasteiger charge is -2.08. The van der Waals surface area contributed by atoms with Crippen LogP contribution in [0.5, 0.6) is 5.75 Å². The Morgan fingerprint density at radius 2 is 1.81 bits per heavy atom. The molecule has 0 bridgehead atoms. The Kier molecular flexibility index (Phi) is 6.24. The Morgan fingerprint density at radius 3 is 2.54 bits per heavy atom. The van der Waals surface area contributed by atoms with E-state index in [1.54, 1.807) is 6.08 Å². The summed E-state index contributed by atoms with van der Waals surface area (Å²) in [5, 5.41) is 4.36. The molecule has 4 aromatic rings. The fourth-order valence-corrected chi connectivity index (χ4v) is 4.26. The minimum absolute atomic E-state index is 0.386. The number of hydrogen-bond acceptors (Lipinski definition) is 5. The van der Waals surface area contributed by atoms with Crippen LogP contribution in [0.3, 0.4) is 0 Å². The van der Waals surface area contributed by atoms with Crippen LogP contribution in [0.2, 0.25) is 0 Å². The Hall–Kier alpha value is -4.30. The predicted octanol–water partition coefficient (Wildman–Crippen LogP) is 7.69. The molecule has 184 valence electrons. The SMILES string of the molecule is C=C/C(=C\C=C/C)c1noc(C2CC2)c1COc1ccc(C#Cc2ccc3oc(C4CC4)nc3c2)cc1. The molecule has 2 aromatic heterocycles. The Morgan fingerprint density at radius 1 is 1.05 bits per heavy atom. The summed E-state index contributed by atoms with van der Waals surface area (Å²) in [7, 11) is 0. The van der Waals surface area contributed by atoms with Gasteiger partial charge in [-0.25, -0.2) is 4.98 Å². The van der Waals surface area contributed by atoms with Gasteiger partial charge in [-0.1, -0.05) is 47.9 Å². The van der Waals surface area contributed by atoms with E-state index in [9.17, 15) is 0 Å². The van der Waals surface area contributed by atoms with Crippen molar-refractivity contribution in [1.29, 1.82) is 0 Å². The average molecular weight is 489 g/mol. The van der Waals surface area contributed by atoms with Gasteiger partial charge in [-0.15, -0.1) is 0 Å². The lowest BCUT2D eigenvalue weighted by molar-refractivity contribution is 0.300. The summed E-state index contributed by atoms with van der Waals surface area (Å²) in [4.78, 5) is 4.63. The Bertz CT molecular complexity index is 1570. The van der Waals surface area contributed by atoms with Crippen molar-refractivity contribution < 1.29 is 13.7 Å². The molecular formula is C32H28N2O3. The lowest BCUT2D eigenvalue weighted by Crippen LogP contribution is -2.00. The number of oxazole rings is 1. The van der Waals surface area contributed by atoms with Gasteiger partial charge in [-0.3, -0.25) is 0 Å². The Balaban J connectivity index is 1.15. The molecule has 2 aliphatic rings. The van der Waals surface area contributed by atoms with Gasteiger partial charge < -0.3 is 13.7 Å². The van der Waals surface area contributed by atoms with Crippen LogP contribution in [0.4, 0.5) is 0 Å². The highest BCUT2D eigenvalue weighted by atomic mass is 16.5. The van der Waals surface area contributed by atoms with Crippen molar-refractivity contribution in [3.8, 4) is 17.6 Å². The number of rotatable bonds is 8. The Labute approximate surface area is 216 Å². The lowest BCUT2D eigenvalue weighted by atomic mass is 10.0. The standard InChI is InChI=1S/C32H28N2O3/c1-3-5-6-23(4-2)30-27(31(37-34-30)24-12-13-24)20-35-26-16-9-21(10-17-26)7-8-22-11-18-29-28(19-22)33-32(36-29)25-14-15-25/h3-6,9-11,16-19,24-25H,2,12-15,20H2,1H3/b5-3-,23-6+. The summed E-state index contributed by atoms with van der Waals surface area (Å²) in [6, 6.07) is 13.8. The predicted molar refractivity (Wildman–Crippen MR) is 144 cm³/mol. The van der Waals surface area contributed by atoms with Crippen LogP contribution in [0, 0.1) is 11.8 Å². The van der Waals surface area contributed by atoms with Crippen LogP contribution in [0.1, 0.15) is 78.5 Å². The first-order chi connectivity index (χ1) is 18.2. The van der Waals surface area contributed by atoms with E-state index in [-0.39, 0.29) is 0 Å². The minimum atomic E-state index is 0.386. The molecule has 0 radical (unpaired) electrons. The molecular weight excluding hydrogens is 460 g/mol. The molecule has 2 fully saturated rings. The van der Waals surface area contributed by atoms with E-state index in [1.165, 1.54) is 12.8 Å². The van der Waals surface area contributed by atoms with Gasteiger partial charge in [-0.2, -0.15) is 0 Å². The molecule has 0 saturated heterocycles. The van der Waals surface area contributed by atoms with Crippen molar-refractivity contribution >= 4 is 16.7 Å². The number of nitrogens with zero attached hydrogens (tertiary/aromatic N) is 2. The molecule has 2 aromatic carbocycles. The van der Waals surface area contributed by atoms with Crippen LogP contribution in [-0.2, 0) is 6.61 Å². The number of ether oxygens (including phenoxy) is 1. The molecule has 0 aliphatic heterocycles. The third-order valence-corrected chi connectivity index (χ3v) is 6.65. The average Bonchev–Trinajstić information content (AvgIpc) is 3.87. The molecule has 5 heteroatoms. The fraction of sp³-hybridized carbons (Fsp3) is 0.250. The number of fused-ring (bicyclic) bond motifs is 1. The molecule has 2 saturated carbocycles. The van der Waals surface area contributed by atoms with Gasteiger partial charge in [0.2, 0.25) is 0 Å². The molecule has 37 heavy (non-hydrogen) atoms. The maximum atomic E-state index is 6.16. The summed E-state index contributed by atoms with van der Waals surface area (Å²) < 4.78 is 17.7. The molecule has 0 N–H and O–H groups in total. The maximum absolute atomic E-state index is 6.16. The van der Waals surface area contributed by atoms with Gasteiger partial charge >= 0.3 is 0 Å². The maximum Gasteiger partial charge on any atom is 0.198 e. The van der Waals surface area contributed by atoms with Crippen LogP contribution in [0.25, 0.3) is 16.7 Å². The van der Waals surface area contributed by atoms with Crippen LogP contribution in [0.15, 0.2) is 82.3 Å². The highest BCUT2D eigenvalue weighted by Gasteiger charge is 2.33. The van der Waals surface area contributed by atoms with E-state index in [0.717, 1.165) is 69.3 Å². The number of allylic oxidation sites excluding steroid dienone is 5. The molecule has 2 aliphatic carbocycles. The second-order valence-electron chi connectivity index (χ2n) is 9.57. The van der Waals surface area contributed by atoms with E-state index in [2.05, 4.69) is 28.6 Å². The third kappa shape index (κ3) is 5.15. The van der Waals surface area contributed by atoms with Crippen LogP contribution < -0.4 is 4.74 Å². The van der Waals surface area contributed by atoms with Gasteiger partial charge in [0.05, 0.1) is 5.56 Å². The molecule has 0 amide bonds. The molecule has 0 atom stereocenters. The topological polar surface area (TPSA) is 61.3 Å². The first kappa shape index (κ1) is 23.1. The second kappa shape index (κ2) is 9.99. The smallest absolute Gasteiger partial charge is 0.198 e. The summed E-state index contributed by atoms with van der Waals surface area (Å²) >= 11 is 0. The molecule has 0 unspecified atom stereocenters. The van der Waals surface area contributed by atoms with Crippen molar-refractivity contribution in [3.05, 3.63) is 107 Å². The number of aromatic nitrogens is 2. The summed E-state index contributed by atoms with van der Waals surface area (Å²) in [6.07, 6.45) is 12.3. The minimum Gasteiger partial charge on any atom is -0.489 e. The van der Waals surface area contributed by atoms with Gasteiger partial charge in [0, 0.05) is 28.5 Å². The first-order valence-corrected chi connectivity index (χ1v) is 12.8. The van der Waals surface area contributed by atoms with Gasteiger partial charge in [-0.05, 0) is 75.1 Å². The summed E-state index contributed by atoms with van der Waals surface area (Å²) in [5.41, 5.74) is 6.24. The van der Waals surface area contributed by atoms with Gasteiger partial charge in [0.25, 0.3) is 0 Å². The van der Waals surface area contributed by atoms with Crippen molar-refractivity contribution in [3.63, 3.8) is 0 Å². The highest BCUT2D eigenvalue weighted by molar-refractivity contribution is 5.75. The van der Waals surface area contributed by atoms with Crippen molar-refractivity contribution in [1.82, 2.24) is 10.1 Å². The zero-order chi connectivity index (χ0) is 25.2. The molecule has 2 heterocycles. The number of benzene rings is 2. The van der Waals surface area contributed by atoms with Gasteiger partial charge in [0.15, 0.2) is 11.5 Å². The first-order valence-electron chi connectivity index (χ1n) is 12.8. The molecule has 5 nitrogen and oxygen atoms in total. The van der Waals surface area contributed by atoms with Crippen LogP contribution >= 0.6 is 0 Å². The van der Waals surface area contributed by atoms with E-state index < -0.39 is 0 Å². The summed E-state index contributed by atoms with van der Waals surface area (Å²) in [5.74, 6) is 9.96. The van der Waals surface area contributed by atoms with Crippen molar-refractivity contribution in [2.75, 3.05) is 0 Å². The fourth-order valence-electron chi connectivity index (χ4n) is 4.26. The third-order valence-electron chi connectivity index (χ3n) is 6.65. The largest absolute Gasteiger partial charge is 0.489 e. The monoisotopic (exact) mass is 488 g/mol. The summed E-state index contributed by atoms with van der Waals surface area (Å²) in [6.45, 7) is 6.31. The molecule has 6 rings (SSSR count).